The van der Waals surface area contributed by atoms with Gasteiger partial charge in [-0.15, -0.1) is 11.3 Å². The van der Waals surface area contributed by atoms with Crippen LogP contribution in [0.25, 0.3) is 0 Å². The number of hydrogen-bond acceptors (Lipinski definition) is 3. The molecule has 0 spiro atoms. The first kappa shape index (κ1) is 13.7. The van der Waals surface area contributed by atoms with E-state index in [2.05, 4.69) is 45.1 Å². The standard InChI is InChI=1S/C13H23NOS/c1-10(7-8-15)14-9-11-5-6-12(16-11)13(2,3)4/h5-6,10,14-15H,7-9H2,1-4H3. The van der Waals surface area contributed by atoms with E-state index in [1.54, 1.807) is 0 Å². The van der Waals surface area contributed by atoms with Gasteiger partial charge in [-0.3, -0.25) is 0 Å². The van der Waals surface area contributed by atoms with Crippen LogP contribution in [0.2, 0.25) is 0 Å². The fourth-order valence-electron chi connectivity index (χ4n) is 1.45. The van der Waals surface area contributed by atoms with E-state index in [-0.39, 0.29) is 12.0 Å². The van der Waals surface area contributed by atoms with Gasteiger partial charge in [0.05, 0.1) is 0 Å². The fourth-order valence-corrected chi connectivity index (χ4v) is 2.46. The van der Waals surface area contributed by atoms with Crippen LogP contribution in [0.4, 0.5) is 0 Å². The Labute approximate surface area is 103 Å². The molecule has 3 heteroatoms. The van der Waals surface area contributed by atoms with Gasteiger partial charge in [0.1, 0.15) is 0 Å². The lowest BCUT2D eigenvalue weighted by Crippen LogP contribution is -2.25. The molecule has 1 aromatic heterocycles. The number of aliphatic hydroxyl groups excluding tert-OH is 1. The molecule has 0 aromatic carbocycles. The van der Waals surface area contributed by atoms with Gasteiger partial charge in [-0.05, 0) is 30.9 Å². The van der Waals surface area contributed by atoms with Crippen LogP contribution < -0.4 is 5.32 Å². The van der Waals surface area contributed by atoms with Crippen molar-refractivity contribution in [1.82, 2.24) is 5.32 Å². The third-order valence-electron chi connectivity index (χ3n) is 2.59. The monoisotopic (exact) mass is 241 g/mol. The number of rotatable bonds is 5. The van der Waals surface area contributed by atoms with E-state index in [0.29, 0.717) is 6.04 Å². The summed E-state index contributed by atoms with van der Waals surface area (Å²) in [6, 6.07) is 4.80. The smallest absolute Gasteiger partial charge is 0.0445 e. The normalized spacial score (nSPS) is 14.1. The van der Waals surface area contributed by atoms with Crippen LogP contribution >= 0.6 is 11.3 Å². The first-order chi connectivity index (χ1) is 7.43. The maximum Gasteiger partial charge on any atom is 0.0445 e. The first-order valence-electron chi connectivity index (χ1n) is 5.87. The van der Waals surface area contributed by atoms with Gasteiger partial charge in [0.15, 0.2) is 0 Å². The Morgan fingerprint density at radius 3 is 2.56 bits per heavy atom. The van der Waals surface area contributed by atoms with Gasteiger partial charge in [0, 0.05) is 28.9 Å². The molecule has 0 amide bonds. The van der Waals surface area contributed by atoms with Crippen molar-refractivity contribution in [2.75, 3.05) is 6.61 Å². The molecule has 16 heavy (non-hydrogen) atoms. The minimum Gasteiger partial charge on any atom is -0.396 e. The average molecular weight is 241 g/mol. The highest BCUT2D eigenvalue weighted by Crippen LogP contribution is 2.29. The summed E-state index contributed by atoms with van der Waals surface area (Å²) in [4.78, 5) is 2.80. The zero-order valence-corrected chi connectivity index (χ0v) is 11.5. The molecule has 0 radical (unpaired) electrons. The molecule has 92 valence electrons. The number of thiophene rings is 1. The molecular weight excluding hydrogens is 218 g/mol. The van der Waals surface area contributed by atoms with Crippen molar-refractivity contribution in [2.45, 2.75) is 52.1 Å². The lowest BCUT2D eigenvalue weighted by Gasteiger charge is -2.15. The van der Waals surface area contributed by atoms with Gasteiger partial charge < -0.3 is 10.4 Å². The molecule has 0 aliphatic rings. The Morgan fingerprint density at radius 1 is 1.38 bits per heavy atom. The van der Waals surface area contributed by atoms with Gasteiger partial charge in [-0.2, -0.15) is 0 Å². The SMILES string of the molecule is CC(CCO)NCc1ccc(C(C)(C)C)s1. The van der Waals surface area contributed by atoms with Gasteiger partial charge in [0.25, 0.3) is 0 Å². The van der Waals surface area contributed by atoms with Crippen molar-refractivity contribution in [3.63, 3.8) is 0 Å². The highest BCUT2D eigenvalue weighted by molar-refractivity contribution is 7.12. The molecule has 2 N–H and O–H groups in total. The van der Waals surface area contributed by atoms with Crippen LogP contribution in [0.15, 0.2) is 12.1 Å². The van der Waals surface area contributed by atoms with Crippen LogP contribution in [0.5, 0.6) is 0 Å². The van der Waals surface area contributed by atoms with Crippen LogP contribution in [0, 0.1) is 0 Å². The highest BCUT2D eigenvalue weighted by atomic mass is 32.1. The van der Waals surface area contributed by atoms with Gasteiger partial charge in [0.2, 0.25) is 0 Å². The summed E-state index contributed by atoms with van der Waals surface area (Å²) in [7, 11) is 0. The second-order valence-corrected chi connectivity index (χ2v) is 6.48. The molecule has 2 nitrogen and oxygen atoms in total. The van der Waals surface area contributed by atoms with E-state index >= 15 is 0 Å². The van der Waals surface area contributed by atoms with E-state index in [9.17, 15) is 0 Å². The minimum atomic E-state index is 0.250. The van der Waals surface area contributed by atoms with Crippen molar-refractivity contribution in [2.24, 2.45) is 0 Å². The molecule has 1 rings (SSSR count). The maximum atomic E-state index is 8.81. The van der Waals surface area contributed by atoms with Crippen molar-refractivity contribution in [1.29, 1.82) is 0 Å². The summed E-state index contributed by atoms with van der Waals surface area (Å²) < 4.78 is 0. The Hall–Kier alpha value is -0.380. The quantitative estimate of drug-likeness (QED) is 0.831. The number of nitrogens with one attached hydrogen (secondary N) is 1. The fraction of sp³-hybridized carbons (Fsp3) is 0.692. The zero-order chi connectivity index (χ0) is 12.2. The Morgan fingerprint density at radius 2 is 2.06 bits per heavy atom. The van der Waals surface area contributed by atoms with Crippen molar-refractivity contribution < 1.29 is 5.11 Å². The summed E-state index contributed by atoms with van der Waals surface area (Å²) >= 11 is 1.87. The van der Waals surface area contributed by atoms with E-state index in [0.717, 1.165) is 13.0 Å². The lowest BCUT2D eigenvalue weighted by molar-refractivity contribution is 0.269. The van der Waals surface area contributed by atoms with E-state index in [1.165, 1.54) is 9.75 Å². The molecule has 0 saturated carbocycles. The Kier molecular flexibility index (Phi) is 4.96. The summed E-state index contributed by atoms with van der Waals surface area (Å²) in [5, 5.41) is 12.2. The van der Waals surface area contributed by atoms with Crippen LogP contribution in [0.1, 0.15) is 43.9 Å². The molecular formula is C13H23NOS. The molecule has 0 aliphatic heterocycles. The third-order valence-corrected chi connectivity index (χ3v) is 4.10. The third kappa shape index (κ3) is 4.24. The largest absolute Gasteiger partial charge is 0.396 e. The summed E-state index contributed by atoms with van der Waals surface area (Å²) in [6.45, 7) is 9.99. The average Bonchev–Trinajstić information content (AvgIpc) is 2.63. The highest BCUT2D eigenvalue weighted by Gasteiger charge is 2.15. The lowest BCUT2D eigenvalue weighted by atomic mass is 9.95. The summed E-state index contributed by atoms with van der Waals surface area (Å²) in [5.41, 5.74) is 0.250. The van der Waals surface area contributed by atoms with Crippen LogP contribution in [-0.2, 0) is 12.0 Å². The topological polar surface area (TPSA) is 32.3 Å². The molecule has 0 saturated heterocycles. The van der Waals surface area contributed by atoms with Crippen LogP contribution in [0.3, 0.4) is 0 Å². The number of aliphatic hydroxyl groups is 1. The Balaban J connectivity index is 2.47. The van der Waals surface area contributed by atoms with E-state index < -0.39 is 0 Å². The summed E-state index contributed by atoms with van der Waals surface area (Å²) in [5.74, 6) is 0. The molecule has 1 heterocycles. The van der Waals surface area contributed by atoms with E-state index in [1.807, 2.05) is 11.3 Å². The predicted molar refractivity (Wildman–Crippen MR) is 71.0 cm³/mol. The zero-order valence-electron chi connectivity index (χ0n) is 10.7. The molecule has 1 unspecified atom stereocenters. The maximum absolute atomic E-state index is 8.81. The van der Waals surface area contributed by atoms with Crippen LogP contribution in [-0.4, -0.2) is 17.8 Å². The second kappa shape index (κ2) is 5.80. The minimum absolute atomic E-state index is 0.250. The molecule has 1 atom stereocenters. The van der Waals surface area contributed by atoms with E-state index in [4.69, 9.17) is 5.11 Å². The Bertz CT molecular complexity index is 314. The van der Waals surface area contributed by atoms with Crippen molar-refractivity contribution in [3.05, 3.63) is 21.9 Å². The predicted octanol–water partition coefficient (Wildman–Crippen LogP) is 2.91. The first-order valence-corrected chi connectivity index (χ1v) is 6.68. The van der Waals surface area contributed by atoms with Crippen molar-refractivity contribution in [3.8, 4) is 0 Å². The molecule has 1 aromatic rings. The van der Waals surface area contributed by atoms with Gasteiger partial charge in [-0.1, -0.05) is 20.8 Å². The summed E-state index contributed by atoms with van der Waals surface area (Å²) in [6.07, 6.45) is 0.817. The molecule has 0 fully saturated rings. The second-order valence-electron chi connectivity index (χ2n) is 5.31. The number of hydrogen-bond donors (Lipinski definition) is 2. The van der Waals surface area contributed by atoms with Gasteiger partial charge in [-0.25, -0.2) is 0 Å². The molecule has 0 bridgehead atoms. The van der Waals surface area contributed by atoms with Crippen molar-refractivity contribution >= 4 is 11.3 Å². The molecule has 0 aliphatic carbocycles. The van der Waals surface area contributed by atoms with Gasteiger partial charge >= 0.3 is 0 Å².